The van der Waals surface area contributed by atoms with E-state index in [4.69, 9.17) is 9.47 Å². The molecule has 0 saturated carbocycles. The van der Waals surface area contributed by atoms with E-state index in [1.807, 2.05) is 24.3 Å². The minimum Gasteiger partial charge on any atom is -0.497 e. The maximum Gasteiger partial charge on any atom is 0.118 e. The second-order valence-electron chi connectivity index (χ2n) is 2.94. The van der Waals surface area contributed by atoms with E-state index in [-0.39, 0.29) is 0 Å². The zero-order valence-electron chi connectivity index (χ0n) is 8.33. The van der Waals surface area contributed by atoms with Crippen molar-refractivity contribution < 1.29 is 9.47 Å². The zero-order chi connectivity index (χ0) is 10.2. The van der Waals surface area contributed by atoms with Gasteiger partial charge in [0.25, 0.3) is 0 Å². The van der Waals surface area contributed by atoms with Crippen molar-refractivity contribution in [3.63, 3.8) is 0 Å². The van der Waals surface area contributed by atoms with Gasteiger partial charge in [0.05, 0.1) is 13.7 Å². The molecule has 0 amide bonds. The Hall–Kier alpha value is -0.540. The van der Waals surface area contributed by atoms with Crippen LogP contribution in [0.4, 0.5) is 0 Å². The summed E-state index contributed by atoms with van der Waals surface area (Å²) in [5.74, 6) is 0.884. The number of rotatable bonds is 6. The number of hydrogen-bond acceptors (Lipinski definition) is 2. The summed E-state index contributed by atoms with van der Waals surface area (Å²) >= 11 is 3.36. The maximum atomic E-state index is 5.46. The Morgan fingerprint density at radius 3 is 2.50 bits per heavy atom. The van der Waals surface area contributed by atoms with Crippen molar-refractivity contribution in [2.24, 2.45) is 0 Å². The number of benzene rings is 1. The molecular formula is C11H15BrO2. The van der Waals surface area contributed by atoms with Crippen molar-refractivity contribution in [1.29, 1.82) is 0 Å². The van der Waals surface area contributed by atoms with Crippen LogP contribution < -0.4 is 4.74 Å². The topological polar surface area (TPSA) is 18.5 Å². The molecule has 2 nitrogen and oxygen atoms in total. The van der Waals surface area contributed by atoms with Gasteiger partial charge in [0.1, 0.15) is 5.75 Å². The first-order valence-electron chi connectivity index (χ1n) is 4.63. The molecule has 0 unspecified atom stereocenters. The highest BCUT2D eigenvalue weighted by Crippen LogP contribution is 2.11. The van der Waals surface area contributed by atoms with Crippen LogP contribution in [0.25, 0.3) is 0 Å². The molecule has 1 rings (SSSR count). The van der Waals surface area contributed by atoms with Crippen molar-refractivity contribution in [2.75, 3.05) is 19.0 Å². The predicted molar refractivity (Wildman–Crippen MR) is 61.1 cm³/mol. The first-order valence-corrected chi connectivity index (χ1v) is 5.75. The minimum atomic E-state index is 0.678. The van der Waals surface area contributed by atoms with Crippen molar-refractivity contribution in [2.45, 2.75) is 13.0 Å². The lowest BCUT2D eigenvalue weighted by Crippen LogP contribution is -1.95. The second kappa shape index (κ2) is 6.85. The molecule has 14 heavy (non-hydrogen) atoms. The zero-order valence-corrected chi connectivity index (χ0v) is 9.92. The molecule has 0 fully saturated rings. The second-order valence-corrected chi connectivity index (χ2v) is 3.74. The van der Waals surface area contributed by atoms with Gasteiger partial charge in [-0.3, -0.25) is 0 Å². The third kappa shape index (κ3) is 4.11. The summed E-state index contributed by atoms with van der Waals surface area (Å²) in [6, 6.07) is 7.94. The average molecular weight is 259 g/mol. The molecule has 0 N–H and O–H groups in total. The fourth-order valence-electron chi connectivity index (χ4n) is 1.07. The highest BCUT2D eigenvalue weighted by molar-refractivity contribution is 9.09. The van der Waals surface area contributed by atoms with Gasteiger partial charge in [0.2, 0.25) is 0 Å². The molecule has 0 atom stereocenters. The van der Waals surface area contributed by atoms with Crippen molar-refractivity contribution in [3.8, 4) is 5.75 Å². The lowest BCUT2D eigenvalue weighted by atomic mass is 10.2. The fourth-order valence-corrected chi connectivity index (χ4v) is 1.30. The Morgan fingerprint density at radius 1 is 1.21 bits per heavy atom. The summed E-state index contributed by atoms with van der Waals surface area (Å²) in [4.78, 5) is 0. The summed E-state index contributed by atoms with van der Waals surface area (Å²) in [5, 5.41) is 0.996. The van der Waals surface area contributed by atoms with E-state index >= 15 is 0 Å². The Kier molecular flexibility index (Phi) is 5.64. The molecule has 1 aromatic rings. The largest absolute Gasteiger partial charge is 0.497 e. The van der Waals surface area contributed by atoms with Crippen LogP contribution in [0, 0.1) is 0 Å². The van der Waals surface area contributed by atoms with Crippen LogP contribution >= 0.6 is 15.9 Å². The molecule has 0 saturated heterocycles. The van der Waals surface area contributed by atoms with Crippen molar-refractivity contribution >= 4 is 15.9 Å². The summed E-state index contributed by atoms with van der Waals surface area (Å²) < 4.78 is 10.5. The van der Waals surface area contributed by atoms with E-state index in [1.54, 1.807) is 7.11 Å². The van der Waals surface area contributed by atoms with Gasteiger partial charge in [-0.15, -0.1) is 0 Å². The van der Waals surface area contributed by atoms with Gasteiger partial charge >= 0.3 is 0 Å². The highest BCUT2D eigenvalue weighted by Gasteiger charge is 1.94. The van der Waals surface area contributed by atoms with E-state index in [0.717, 1.165) is 24.1 Å². The normalized spacial score (nSPS) is 10.1. The summed E-state index contributed by atoms with van der Waals surface area (Å²) in [6.45, 7) is 1.48. The van der Waals surface area contributed by atoms with Gasteiger partial charge in [-0.1, -0.05) is 28.1 Å². The van der Waals surface area contributed by atoms with Crippen LogP contribution in [0.5, 0.6) is 5.75 Å². The summed E-state index contributed by atoms with van der Waals surface area (Å²) in [5.41, 5.74) is 1.18. The summed E-state index contributed by atoms with van der Waals surface area (Å²) in [7, 11) is 1.67. The summed E-state index contributed by atoms with van der Waals surface area (Å²) in [6.07, 6.45) is 1.05. The van der Waals surface area contributed by atoms with Crippen LogP contribution in [-0.2, 0) is 11.3 Å². The fraction of sp³-hybridized carbons (Fsp3) is 0.455. The molecule has 0 radical (unpaired) electrons. The van der Waals surface area contributed by atoms with Gasteiger partial charge < -0.3 is 9.47 Å². The first kappa shape index (κ1) is 11.5. The van der Waals surface area contributed by atoms with Crippen LogP contribution in [0.2, 0.25) is 0 Å². The quantitative estimate of drug-likeness (QED) is 0.577. The lowest BCUT2D eigenvalue weighted by Gasteiger charge is -2.04. The molecular weight excluding hydrogens is 244 g/mol. The predicted octanol–water partition coefficient (Wildman–Crippen LogP) is 3.00. The SMILES string of the molecule is COc1ccc(COCCCBr)cc1. The van der Waals surface area contributed by atoms with E-state index < -0.39 is 0 Å². The first-order chi connectivity index (χ1) is 6.86. The molecule has 1 aromatic carbocycles. The van der Waals surface area contributed by atoms with Crippen molar-refractivity contribution in [3.05, 3.63) is 29.8 Å². The highest BCUT2D eigenvalue weighted by atomic mass is 79.9. The molecule has 0 heterocycles. The van der Waals surface area contributed by atoms with Gasteiger partial charge in [-0.2, -0.15) is 0 Å². The number of methoxy groups -OCH3 is 1. The maximum absolute atomic E-state index is 5.46. The molecule has 0 aliphatic rings. The Labute approximate surface area is 93.4 Å². The van der Waals surface area contributed by atoms with Crippen molar-refractivity contribution in [1.82, 2.24) is 0 Å². The number of hydrogen-bond donors (Lipinski definition) is 0. The molecule has 0 spiro atoms. The van der Waals surface area contributed by atoms with Gasteiger partial charge in [0.15, 0.2) is 0 Å². The monoisotopic (exact) mass is 258 g/mol. The molecule has 0 aromatic heterocycles. The van der Waals surface area contributed by atoms with E-state index in [1.165, 1.54) is 5.56 Å². The number of ether oxygens (including phenoxy) is 2. The van der Waals surface area contributed by atoms with Crippen LogP contribution in [0.1, 0.15) is 12.0 Å². The Balaban J connectivity index is 2.29. The van der Waals surface area contributed by atoms with Gasteiger partial charge in [0, 0.05) is 11.9 Å². The smallest absolute Gasteiger partial charge is 0.118 e. The number of alkyl halides is 1. The number of halogens is 1. The molecule has 0 aliphatic carbocycles. The minimum absolute atomic E-state index is 0.678. The van der Waals surface area contributed by atoms with Gasteiger partial charge in [-0.05, 0) is 24.1 Å². The van der Waals surface area contributed by atoms with Gasteiger partial charge in [-0.25, -0.2) is 0 Å². The average Bonchev–Trinajstić information content (AvgIpc) is 2.25. The molecule has 0 bridgehead atoms. The third-order valence-corrected chi connectivity index (χ3v) is 2.41. The lowest BCUT2D eigenvalue weighted by molar-refractivity contribution is 0.122. The molecule has 3 heteroatoms. The molecule has 0 aliphatic heterocycles. The van der Waals surface area contributed by atoms with E-state index in [9.17, 15) is 0 Å². The van der Waals surface area contributed by atoms with Crippen LogP contribution in [0.15, 0.2) is 24.3 Å². The standard InChI is InChI=1S/C11H15BrO2/c1-13-11-5-3-10(4-6-11)9-14-8-2-7-12/h3-6H,2,7-9H2,1H3. The van der Waals surface area contributed by atoms with E-state index in [0.29, 0.717) is 6.61 Å². The molecule has 78 valence electrons. The van der Waals surface area contributed by atoms with Crippen LogP contribution in [0.3, 0.4) is 0 Å². The third-order valence-electron chi connectivity index (χ3n) is 1.85. The van der Waals surface area contributed by atoms with E-state index in [2.05, 4.69) is 15.9 Å². The Bertz CT molecular complexity index is 246. The Morgan fingerprint density at radius 2 is 1.93 bits per heavy atom. The van der Waals surface area contributed by atoms with Crippen LogP contribution in [-0.4, -0.2) is 19.0 Å².